The highest BCUT2D eigenvalue weighted by atomic mass is 35.5. The zero-order valence-electron chi connectivity index (χ0n) is 8.93. The van der Waals surface area contributed by atoms with Gasteiger partial charge in [-0.15, -0.1) is 22.9 Å². The molecule has 0 saturated carbocycles. The van der Waals surface area contributed by atoms with E-state index in [1.165, 1.54) is 11.3 Å². The molecule has 4 nitrogen and oxygen atoms in total. The molecule has 0 atom stereocenters. The fraction of sp³-hybridized carbons (Fsp3) is 0.600. The van der Waals surface area contributed by atoms with E-state index in [0.29, 0.717) is 11.6 Å². The second kappa shape index (κ2) is 5.61. The van der Waals surface area contributed by atoms with Crippen LogP contribution in [-0.2, 0) is 0 Å². The molecule has 0 aromatic carbocycles. The Bertz CT molecular complexity index is 336. The van der Waals surface area contributed by atoms with Crippen molar-refractivity contribution in [3.63, 3.8) is 0 Å². The summed E-state index contributed by atoms with van der Waals surface area (Å²) < 4.78 is 0. The van der Waals surface area contributed by atoms with Gasteiger partial charge in [0.1, 0.15) is 5.69 Å². The molecule has 88 valence electrons. The molecule has 0 bridgehead atoms. The van der Waals surface area contributed by atoms with E-state index in [1.54, 1.807) is 10.9 Å². The van der Waals surface area contributed by atoms with Crippen LogP contribution < -0.4 is 0 Å². The minimum Gasteiger partial charge on any atom is -0.335 e. The van der Waals surface area contributed by atoms with E-state index in [-0.39, 0.29) is 5.91 Å². The van der Waals surface area contributed by atoms with Crippen LogP contribution in [0.25, 0.3) is 0 Å². The lowest BCUT2D eigenvalue weighted by molar-refractivity contribution is 0.0639. The summed E-state index contributed by atoms with van der Waals surface area (Å²) in [4.78, 5) is 20.1. The molecular weight excluding hydrogens is 246 g/mol. The molecule has 0 N–H and O–H groups in total. The van der Waals surface area contributed by atoms with Gasteiger partial charge in [-0.25, -0.2) is 4.98 Å². The summed E-state index contributed by atoms with van der Waals surface area (Å²) in [6.07, 6.45) is 0. The van der Waals surface area contributed by atoms with Crippen molar-refractivity contribution in [2.24, 2.45) is 0 Å². The summed E-state index contributed by atoms with van der Waals surface area (Å²) in [5, 5.41) is 1.80. The quantitative estimate of drug-likeness (QED) is 0.764. The van der Waals surface area contributed by atoms with Crippen molar-refractivity contribution in [2.45, 2.75) is 0 Å². The number of thiazole rings is 1. The molecule has 1 amide bonds. The van der Waals surface area contributed by atoms with Crippen molar-refractivity contribution in [3.8, 4) is 0 Å². The van der Waals surface area contributed by atoms with Gasteiger partial charge in [-0.2, -0.15) is 0 Å². The second-order valence-corrected chi connectivity index (χ2v) is 4.79. The molecule has 0 unspecified atom stereocenters. The van der Waals surface area contributed by atoms with Crippen molar-refractivity contribution in [1.29, 1.82) is 0 Å². The third-order valence-corrected chi connectivity index (χ3v) is 3.47. The molecule has 6 heteroatoms. The maximum Gasteiger partial charge on any atom is 0.273 e. The summed E-state index contributed by atoms with van der Waals surface area (Å²) in [6, 6.07) is 0. The molecule has 1 saturated heterocycles. The molecule has 0 spiro atoms. The number of rotatable bonds is 3. The Morgan fingerprint density at radius 1 is 1.44 bits per heavy atom. The minimum atomic E-state index is 0.0479. The lowest BCUT2D eigenvalue weighted by Crippen LogP contribution is -2.49. The minimum absolute atomic E-state index is 0.0479. The van der Waals surface area contributed by atoms with E-state index in [1.807, 2.05) is 4.90 Å². The van der Waals surface area contributed by atoms with E-state index < -0.39 is 0 Å². The zero-order valence-corrected chi connectivity index (χ0v) is 10.5. The van der Waals surface area contributed by atoms with Crippen molar-refractivity contribution < 1.29 is 4.79 Å². The molecule has 1 aliphatic heterocycles. The Kier molecular flexibility index (Phi) is 4.15. The van der Waals surface area contributed by atoms with Gasteiger partial charge in [-0.05, 0) is 0 Å². The van der Waals surface area contributed by atoms with E-state index in [0.717, 1.165) is 32.7 Å². The molecule has 16 heavy (non-hydrogen) atoms. The van der Waals surface area contributed by atoms with E-state index >= 15 is 0 Å². The third-order valence-electron chi connectivity index (χ3n) is 2.71. The smallest absolute Gasteiger partial charge is 0.273 e. The lowest BCUT2D eigenvalue weighted by atomic mass is 10.3. The monoisotopic (exact) mass is 259 g/mol. The third kappa shape index (κ3) is 2.72. The zero-order chi connectivity index (χ0) is 11.4. The van der Waals surface area contributed by atoms with Gasteiger partial charge in [0.25, 0.3) is 5.91 Å². The van der Waals surface area contributed by atoms with E-state index in [2.05, 4.69) is 9.88 Å². The SMILES string of the molecule is O=C(c1cscn1)N1CCN(CCCl)CC1. The predicted octanol–water partition coefficient (Wildman–Crippen LogP) is 1.14. The van der Waals surface area contributed by atoms with Crippen LogP contribution in [0.4, 0.5) is 0 Å². The lowest BCUT2D eigenvalue weighted by Gasteiger charge is -2.33. The Balaban J connectivity index is 1.87. The fourth-order valence-corrected chi connectivity index (χ4v) is 2.54. The first-order valence-electron chi connectivity index (χ1n) is 5.27. The molecule has 0 radical (unpaired) electrons. The van der Waals surface area contributed by atoms with Gasteiger partial charge in [0.05, 0.1) is 5.51 Å². The maximum atomic E-state index is 12.0. The number of aromatic nitrogens is 1. The van der Waals surface area contributed by atoms with Crippen molar-refractivity contribution in [3.05, 3.63) is 16.6 Å². The average molecular weight is 260 g/mol. The maximum absolute atomic E-state index is 12.0. The van der Waals surface area contributed by atoms with Gasteiger partial charge >= 0.3 is 0 Å². The first kappa shape index (κ1) is 11.8. The number of amides is 1. The molecule has 1 aliphatic rings. The number of carbonyl (C=O) groups is 1. The number of alkyl halides is 1. The summed E-state index contributed by atoms with van der Waals surface area (Å²) in [5.41, 5.74) is 2.26. The van der Waals surface area contributed by atoms with Gasteiger partial charge < -0.3 is 4.90 Å². The standard InChI is InChI=1S/C10H14ClN3OS/c11-1-2-13-3-5-14(6-4-13)10(15)9-7-16-8-12-9/h7-8H,1-6H2. The van der Waals surface area contributed by atoms with Crippen LogP contribution in [0.5, 0.6) is 0 Å². The topological polar surface area (TPSA) is 36.4 Å². The van der Waals surface area contributed by atoms with Crippen LogP contribution in [0.1, 0.15) is 10.5 Å². The average Bonchev–Trinajstić information content (AvgIpc) is 2.83. The second-order valence-electron chi connectivity index (χ2n) is 3.70. The summed E-state index contributed by atoms with van der Waals surface area (Å²) in [5.74, 6) is 0.701. The Hall–Kier alpha value is -0.650. The summed E-state index contributed by atoms with van der Waals surface area (Å²) in [7, 11) is 0. The van der Waals surface area contributed by atoms with Crippen LogP contribution in [0, 0.1) is 0 Å². The molecule has 1 aromatic heterocycles. The van der Waals surface area contributed by atoms with E-state index in [4.69, 9.17) is 11.6 Å². The van der Waals surface area contributed by atoms with Crippen LogP contribution in [0.3, 0.4) is 0 Å². The first-order chi connectivity index (χ1) is 7.81. The summed E-state index contributed by atoms with van der Waals surface area (Å²) in [6.45, 7) is 4.26. The number of piperazine rings is 1. The number of carbonyl (C=O) groups excluding carboxylic acids is 1. The van der Waals surface area contributed by atoms with Gasteiger partial charge in [0.2, 0.25) is 0 Å². The molecule has 1 aromatic rings. The highest BCUT2D eigenvalue weighted by Crippen LogP contribution is 2.09. The molecule has 2 heterocycles. The van der Waals surface area contributed by atoms with Crippen molar-refractivity contribution >= 4 is 28.8 Å². The Labute approximate surface area is 104 Å². The number of nitrogens with zero attached hydrogens (tertiary/aromatic N) is 3. The normalized spacial score (nSPS) is 17.7. The van der Waals surface area contributed by atoms with Crippen molar-refractivity contribution in [1.82, 2.24) is 14.8 Å². The number of hydrogen-bond donors (Lipinski definition) is 0. The Morgan fingerprint density at radius 2 is 2.19 bits per heavy atom. The Morgan fingerprint density at radius 3 is 2.75 bits per heavy atom. The number of hydrogen-bond acceptors (Lipinski definition) is 4. The van der Waals surface area contributed by atoms with Crippen LogP contribution >= 0.6 is 22.9 Å². The molecular formula is C10H14ClN3OS. The number of halogens is 1. The van der Waals surface area contributed by atoms with Crippen LogP contribution in [0.2, 0.25) is 0 Å². The first-order valence-corrected chi connectivity index (χ1v) is 6.75. The molecule has 0 aliphatic carbocycles. The van der Waals surface area contributed by atoms with Gasteiger partial charge in [-0.1, -0.05) is 0 Å². The van der Waals surface area contributed by atoms with Crippen LogP contribution in [0.15, 0.2) is 10.9 Å². The molecule has 1 fully saturated rings. The predicted molar refractivity (Wildman–Crippen MR) is 65.2 cm³/mol. The highest BCUT2D eigenvalue weighted by molar-refractivity contribution is 7.07. The van der Waals surface area contributed by atoms with Gasteiger partial charge in [0.15, 0.2) is 0 Å². The highest BCUT2D eigenvalue weighted by Gasteiger charge is 2.22. The fourth-order valence-electron chi connectivity index (χ4n) is 1.77. The largest absolute Gasteiger partial charge is 0.335 e. The summed E-state index contributed by atoms with van der Waals surface area (Å²) >= 11 is 7.14. The van der Waals surface area contributed by atoms with Crippen LogP contribution in [-0.4, -0.2) is 59.3 Å². The van der Waals surface area contributed by atoms with E-state index in [9.17, 15) is 4.79 Å². The molecule has 2 rings (SSSR count). The van der Waals surface area contributed by atoms with Gasteiger partial charge in [0, 0.05) is 44.0 Å². The van der Waals surface area contributed by atoms with Gasteiger partial charge in [-0.3, -0.25) is 9.69 Å². The van der Waals surface area contributed by atoms with Crippen molar-refractivity contribution in [2.75, 3.05) is 38.6 Å².